The van der Waals surface area contributed by atoms with Gasteiger partial charge in [0, 0.05) is 12.2 Å². The lowest BCUT2D eigenvalue weighted by Crippen LogP contribution is -2.46. The standard InChI is InChI=1S/C25H37F3O4.C19H27F3O3.C18H25F3O3.C17H25F3O/c1-6-23(3,4)22(29)31-21-14-12-20(13-15-21)24(5,25(26,27)28)32-18(2)30-17-16-19-10-8-7-9-11-19;1-7-13(2)14-8-10-15(11-9-14)18(6,19(20,21)22)24-12-16(23)25-17(3,4)5;1-7-12(2)13-8-10-14(11-9-13)17(6,18(19,20)21)24-15(22)23-16(3,4)5;1-7-12(2)13-8-10-14(11-9-13)16(6,17(18,19)20)21-15(3,4)5/h12-15,18-19H,6-11,16-17H2,1-5H3;8-11,13H,7,12H2,1-6H3;8-12H,7H2,1-6H3;8-12H,7H2,1-6H3. The first-order valence-corrected chi connectivity index (χ1v) is 35.1. The Labute approximate surface area is 598 Å². The van der Waals surface area contributed by atoms with Crippen LogP contribution in [-0.2, 0) is 65.2 Å². The molecule has 23 heteroatoms. The molecule has 1 aliphatic rings. The number of hydrogen-bond acceptors (Lipinski definition) is 11. The average Bonchev–Trinajstić information content (AvgIpc) is 0.795. The first kappa shape index (κ1) is 92.2. The summed E-state index contributed by atoms with van der Waals surface area (Å²) < 4.78 is 206. The highest BCUT2D eigenvalue weighted by molar-refractivity contribution is 5.78. The van der Waals surface area contributed by atoms with Gasteiger partial charge in [-0.1, -0.05) is 165 Å². The fourth-order valence-corrected chi connectivity index (χ4v) is 10.4. The number of carbonyl (C=O) groups is 3. The second-order valence-corrected chi connectivity index (χ2v) is 30.6. The number of carbonyl (C=O) groups excluding carboxylic acids is 3. The summed E-state index contributed by atoms with van der Waals surface area (Å²) in [4.78, 5) is 35.7. The summed E-state index contributed by atoms with van der Waals surface area (Å²) in [6.45, 7) is 36.9. The van der Waals surface area contributed by atoms with E-state index in [9.17, 15) is 67.1 Å². The Morgan fingerprint density at radius 2 is 0.784 bits per heavy atom. The molecule has 11 nitrogen and oxygen atoms in total. The van der Waals surface area contributed by atoms with Crippen LogP contribution in [0.15, 0.2) is 97.1 Å². The molecule has 0 bridgehead atoms. The predicted molar refractivity (Wildman–Crippen MR) is 373 cm³/mol. The number of hydrogen-bond donors (Lipinski definition) is 0. The number of benzene rings is 4. The van der Waals surface area contributed by atoms with E-state index in [-0.39, 0.29) is 39.8 Å². The third kappa shape index (κ3) is 27.9. The molecule has 0 heterocycles. The average molecular weight is 1470 g/mol. The van der Waals surface area contributed by atoms with Gasteiger partial charge in [-0.15, -0.1) is 0 Å². The third-order valence-electron chi connectivity index (χ3n) is 18.2. The van der Waals surface area contributed by atoms with Crippen molar-refractivity contribution in [3.63, 3.8) is 0 Å². The molecule has 0 amide bonds. The van der Waals surface area contributed by atoms with Crippen LogP contribution in [0.4, 0.5) is 57.5 Å². The number of halogens is 12. The second-order valence-electron chi connectivity index (χ2n) is 30.6. The molecule has 1 aliphatic carbocycles. The van der Waals surface area contributed by atoms with Crippen molar-refractivity contribution in [2.75, 3.05) is 13.2 Å². The van der Waals surface area contributed by atoms with Crippen molar-refractivity contribution < 1.29 is 105 Å². The molecule has 8 unspecified atom stereocenters. The van der Waals surface area contributed by atoms with E-state index in [0.717, 1.165) is 82.9 Å². The number of ether oxygens (including phenoxy) is 8. The van der Waals surface area contributed by atoms with Crippen molar-refractivity contribution in [1.29, 1.82) is 0 Å². The van der Waals surface area contributed by atoms with Crippen LogP contribution < -0.4 is 4.74 Å². The normalized spacial score (nSPS) is 17.2. The van der Waals surface area contributed by atoms with E-state index in [1.807, 2.05) is 34.6 Å². The van der Waals surface area contributed by atoms with Crippen molar-refractivity contribution in [3.05, 3.63) is 136 Å². The minimum absolute atomic E-state index is 0.0457. The molecule has 1 fully saturated rings. The highest BCUT2D eigenvalue weighted by Crippen LogP contribution is 2.48. The lowest BCUT2D eigenvalue weighted by Gasteiger charge is -2.38. The van der Waals surface area contributed by atoms with Crippen molar-refractivity contribution in [1.82, 2.24) is 0 Å². The molecule has 0 aliphatic heterocycles. The SMILES string of the molecule is CCC(C)(C)C(=O)Oc1ccc(C(C)(OC(C)OCCC2CCCCC2)C(F)(F)F)cc1.CCC(C)c1ccc(C(C)(OC(=O)OC(C)(C)C)C(F)(F)F)cc1.CCC(C)c1ccc(C(C)(OC(C)(C)C)C(F)(F)F)cc1.CCC(C)c1ccc(C(C)(OCC(=O)OC(C)(C)C)C(F)(F)F)cc1. The Morgan fingerprint density at radius 1 is 0.431 bits per heavy atom. The largest absolute Gasteiger partial charge is 0.510 e. The first-order chi connectivity index (χ1) is 46.4. The molecule has 4 aromatic rings. The molecule has 5 rings (SSSR count). The maximum Gasteiger partial charge on any atom is 0.510 e. The molecular formula is C79H114F12O11. The van der Waals surface area contributed by atoms with Crippen LogP contribution >= 0.6 is 0 Å². The van der Waals surface area contributed by atoms with Crippen LogP contribution in [0.3, 0.4) is 0 Å². The zero-order valence-electron chi connectivity index (χ0n) is 64.1. The molecule has 4 aromatic carbocycles. The smallest absolute Gasteiger partial charge is 0.458 e. The van der Waals surface area contributed by atoms with E-state index >= 15 is 0 Å². The van der Waals surface area contributed by atoms with Gasteiger partial charge in [-0.05, 0) is 212 Å². The van der Waals surface area contributed by atoms with Crippen molar-refractivity contribution in [2.24, 2.45) is 11.3 Å². The predicted octanol–water partition coefficient (Wildman–Crippen LogP) is 24.2. The quantitative estimate of drug-likeness (QED) is 0.0288. The van der Waals surface area contributed by atoms with Crippen LogP contribution in [0.25, 0.3) is 0 Å². The van der Waals surface area contributed by atoms with E-state index in [2.05, 4.69) is 13.8 Å². The first-order valence-electron chi connectivity index (χ1n) is 35.1. The van der Waals surface area contributed by atoms with Crippen LogP contribution in [0.1, 0.15) is 280 Å². The molecule has 0 spiro atoms. The molecule has 8 atom stereocenters. The van der Waals surface area contributed by atoms with Gasteiger partial charge < -0.3 is 37.9 Å². The fourth-order valence-electron chi connectivity index (χ4n) is 10.4. The molecule has 0 radical (unpaired) electrons. The van der Waals surface area contributed by atoms with Gasteiger partial charge in [-0.2, -0.15) is 52.7 Å². The zero-order valence-corrected chi connectivity index (χ0v) is 64.1. The summed E-state index contributed by atoms with van der Waals surface area (Å²) in [7, 11) is 0. The van der Waals surface area contributed by atoms with Crippen LogP contribution in [0, 0.1) is 11.3 Å². The summed E-state index contributed by atoms with van der Waals surface area (Å²) in [6, 6.07) is 24.0. The summed E-state index contributed by atoms with van der Waals surface area (Å²) in [6.07, 6.45) is -10.8. The van der Waals surface area contributed by atoms with E-state index in [4.69, 9.17) is 37.9 Å². The minimum Gasteiger partial charge on any atom is -0.458 e. The van der Waals surface area contributed by atoms with Gasteiger partial charge >= 0.3 is 42.8 Å². The van der Waals surface area contributed by atoms with Crippen molar-refractivity contribution in [2.45, 2.75) is 311 Å². The Hall–Kier alpha value is -5.91. The Morgan fingerprint density at radius 3 is 1.13 bits per heavy atom. The maximum absolute atomic E-state index is 14.0. The van der Waals surface area contributed by atoms with E-state index in [1.54, 1.807) is 113 Å². The van der Waals surface area contributed by atoms with E-state index < -0.39 is 100 Å². The maximum atomic E-state index is 14.0. The molecule has 0 N–H and O–H groups in total. The Balaban J connectivity index is 0.000000468. The number of rotatable bonds is 24. The Bertz CT molecular complexity index is 3160. The molecule has 0 aromatic heterocycles. The summed E-state index contributed by atoms with van der Waals surface area (Å²) in [5.41, 5.74) is -10.7. The molecule has 580 valence electrons. The van der Waals surface area contributed by atoms with Gasteiger partial charge in [0.05, 0.1) is 11.0 Å². The lowest BCUT2D eigenvalue weighted by atomic mass is 9.87. The summed E-state index contributed by atoms with van der Waals surface area (Å²) >= 11 is 0. The molecule has 1 saturated carbocycles. The van der Waals surface area contributed by atoms with Gasteiger partial charge in [0.15, 0.2) is 23.1 Å². The second kappa shape index (κ2) is 37.4. The van der Waals surface area contributed by atoms with Gasteiger partial charge in [-0.3, -0.25) is 4.79 Å². The minimum atomic E-state index is -4.78. The van der Waals surface area contributed by atoms with Crippen LogP contribution in [0.5, 0.6) is 5.75 Å². The molecule has 102 heavy (non-hydrogen) atoms. The topological polar surface area (TPSA) is 125 Å². The van der Waals surface area contributed by atoms with Gasteiger partial charge in [0.25, 0.3) is 0 Å². The van der Waals surface area contributed by atoms with Crippen LogP contribution in [-0.4, -0.2) is 79.1 Å². The highest BCUT2D eigenvalue weighted by atomic mass is 19.4. The lowest BCUT2D eigenvalue weighted by molar-refractivity contribution is -0.321. The van der Waals surface area contributed by atoms with Crippen LogP contribution in [0.2, 0.25) is 0 Å². The van der Waals surface area contributed by atoms with E-state index in [1.165, 1.54) is 86.8 Å². The van der Waals surface area contributed by atoms with Gasteiger partial charge in [-0.25, -0.2) is 9.59 Å². The number of alkyl halides is 12. The van der Waals surface area contributed by atoms with Gasteiger partial charge in [0.1, 0.15) is 23.6 Å². The monoisotopic (exact) mass is 1470 g/mol. The fraction of sp³-hybridized carbons (Fsp3) is 0.658. The number of esters is 2. The van der Waals surface area contributed by atoms with Gasteiger partial charge in [0.2, 0.25) is 5.60 Å². The third-order valence-corrected chi connectivity index (χ3v) is 18.2. The zero-order chi connectivity index (χ0) is 78.7. The van der Waals surface area contributed by atoms with E-state index in [0.29, 0.717) is 24.9 Å². The molecule has 0 saturated heterocycles. The highest BCUT2D eigenvalue weighted by Gasteiger charge is 2.59. The van der Waals surface area contributed by atoms with Crippen molar-refractivity contribution in [3.8, 4) is 5.75 Å². The summed E-state index contributed by atoms with van der Waals surface area (Å²) in [5.74, 6) is 0.345. The van der Waals surface area contributed by atoms with Crippen molar-refractivity contribution >= 4 is 18.1 Å². The molecular weight excluding hydrogens is 1350 g/mol. The summed E-state index contributed by atoms with van der Waals surface area (Å²) in [5, 5.41) is 0. The Kier molecular flexibility index (Phi) is 33.8.